The third-order valence-corrected chi connectivity index (χ3v) is 4.17. The van der Waals surface area contributed by atoms with Gasteiger partial charge in [0.25, 0.3) is 5.91 Å². The molecule has 122 valence electrons. The molecule has 2 aromatic heterocycles. The van der Waals surface area contributed by atoms with E-state index in [2.05, 4.69) is 15.5 Å². The molecule has 0 aliphatic heterocycles. The van der Waals surface area contributed by atoms with Gasteiger partial charge in [0.1, 0.15) is 12.0 Å². The van der Waals surface area contributed by atoms with Crippen molar-refractivity contribution in [2.24, 2.45) is 0 Å². The van der Waals surface area contributed by atoms with Crippen molar-refractivity contribution in [3.05, 3.63) is 59.3 Å². The standard InChI is InChI=1S/C18H17N3O3/c22-17(16-14-8-4-5-9-15(14)24-21-16)19-10-13-11-23-18(20-13)12-6-2-1-3-7-12/h1-3,6-7,11H,4-5,8-10H2,(H,19,22). The predicted molar refractivity (Wildman–Crippen MR) is 86.3 cm³/mol. The molecule has 4 rings (SSSR count). The van der Waals surface area contributed by atoms with Crippen molar-refractivity contribution < 1.29 is 13.7 Å². The first-order chi connectivity index (χ1) is 11.8. The number of nitrogens with one attached hydrogen (secondary N) is 1. The highest BCUT2D eigenvalue weighted by Crippen LogP contribution is 2.24. The van der Waals surface area contributed by atoms with E-state index in [1.807, 2.05) is 30.3 Å². The second-order valence-corrected chi connectivity index (χ2v) is 5.83. The number of nitrogens with zero attached hydrogens (tertiary/aromatic N) is 2. The van der Waals surface area contributed by atoms with E-state index in [1.54, 1.807) is 6.26 Å². The van der Waals surface area contributed by atoms with Crippen LogP contribution in [0.1, 0.15) is 40.3 Å². The number of carbonyl (C=O) groups is 1. The minimum atomic E-state index is -0.230. The molecule has 0 fully saturated rings. The van der Waals surface area contributed by atoms with Gasteiger partial charge in [-0.25, -0.2) is 4.98 Å². The van der Waals surface area contributed by atoms with Crippen LogP contribution in [0.3, 0.4) is 0 Å². The molecular weight excluding hydrogens is 306 g/mol. The van der Waals surface area contributed by atoms with Gasteiger partial charge in [-0.2, -0.15) is 0 Å². The Hall–Kier alpha value is -2.89. The molecule has 0 unspecified atom stereocenters. The first-order valence-corrected chi connectivity index (χ1v) is 8.07. The average molecular weight is 323 g/mol. The lowest BCUT2D eigenvalue weighted by molar-refractivity contribution is 0.0940. The van der Waals surface area contributed by atoms with E-state index >= 15 is 0 Å². The van der Waals surface area contributed by atoms with Gasteiger partial charge < -0.3 is 14.3 Å². The molecule has 1 aliphatic rings. The molecule has 24 heavy (non-hydrogen) atoms. The SMILES string of the molecule is O=C(NCc1coc(-c2ccccc2)n1)c1noc2c1CCCC2. The monoisotopic (exact) mass is 323 g/mol. The Morgan fingerprint density at radius 3 is 2.88 bits per heavy atom. The number of aromatic nitrogens is 2. The van der Waals surface area contributed by atoms with E-state index < -0.39 is 0 Å². The molecule has 0 atom stereocenters. The van der Waals surface area contributed by atoms with Crippen LogP contribution in [0.2, 0.25) is 0 Å². The van der Waals surface area contributed by atoms with E-state index in [1.165, 1.54) is 0 Å². The quantitative estimate of drug-likeness (QED) is 0.797. The molecule has 6 nitrogen and oxygen atoms in total. The highest BCUT2D eigenvalue weighted by atomic mass is 16.5. The number of amides is 1. The third-order valence-electron chi connectivity index (χ3n) is 4.17. The van der Waals surface area contributed by atoms with E-state index in [0.29, 0.717) is 17.3 Å². The maximum atomic E-state index is 12.3. The van der Waals surface area contributed by atoms with Crippen molar-refractivity contribution in [1.29, 1.82) is 0 Å². The summed E-state index contributed by atoms with van der Waals surface area (Å²) in [6, 6.07) is 9.64. The zero-order valence-electron chi connectivity index (χ0n) is 13.1. The fourth-order valence-corrected chi connectivity index (χ4v) is 2.92. The van der Waals surface area contributed by atoms with E-state index in [9.17, 15) is 4.79 Å². The zero-order chi connectivity index (χ0) is 16.4. The van der Waals surface area contributed by atoms with Crippen LogP contribution in [0.25, 0.3) is 11.5 Å². The van der Waals surface area contributed by atoms with Gasteiger partial charge in [0.05, 0.1) is 12.2 Å². The highest BCUT2D eigenvalue weighted by Gasteiger charge is 2.23. The van der Waals surface area contributed by atoms with Crippen LogP contribution in [-0.4, -0.2) is 16.0 Å². The highest BCUT2D eigenvalue weighted by molar-refractivity contribution is 5.93. The Kier molecular flexibility index (Phi) is 3.86. The lowest BCUT2D eigenvalue weighted by Crippen LogP contribution is -2.24. The van der Waals surface area contributed by atoms with Crippen molar-refractivity contribution in [3.8, 4) is 11.5 Å². The molecule has 0 saturated carbocycles. The molecule has 1 aliphatic carbocycles. The summed E-state index contributed by atoms with van der Waals surface area (Å²) in [7, 11) is 0. The molecule has 1 N–H and O–H groups in total. The summed E-state index contributed by atoms with van der Waals surface area (Å²) >= 11 is 0. The third kappa shape index (κ3) is 2.82. The molecule has 0 radical (unpaired) electrons. The zero-order valence-corrected chi connectivity index (χ0v) is 13.1. The summed E-state index contributed by atoms with van der Waals surface area (Å²) in [5, 5.41) is 6.76. The van der Waals surface area contributed by atoms with Gasteiger partial charge in [-0.3, -0.25) is 4.79 Å². The Bertz CT molecular complexity index is 852. The largest absolute Gasteiger partial charge is 0.444 e. The summed E-state index contributed by atoms with van der Waals surface area (Å²) in [6.07, 6.45) is 5.42. The Balaban J connectivity index is 1.43. The molecule has 2 heterocycles. The number of hydrogen-bond donors (Lipinski definition) is 1. The maximum absolute atomic E-state index is 12.3. The van der Waals surface area contributed by atoms with Crippen molar-refractivity contribution in [1.82, 2.24) is 15.5 Å². The van der Waals surface area contributed by atoms with Gasteiger partial charge in [-0.1, -0.05) is 23.4 Å². The number of carbonyl (C=O) groups excluding carboxylic acids is 1. The molecule has 6 heteroatoms. The number of benzene rings is 1. The Morgan fingerprint density at radius 1 is 1.17 bits per heavy atom. The van der Waals surface area contributed by atoms with Crippen LogP contribution < -0.4 is 5.32 Å². The maximum Gasteiger partial charge on any atom is 0.274 e. The van der Waals surface area contributed by atoms with Gasteiger partial charge >= 0.3 is 0 Å². The number of rotatable bonds is 4. The Morgan fingerprint density at radius 2 is 2.00 bits per heavy atom. The first-order valence-electron chi connectivity index (χ1n) is 8.07. The molecule has 0 saturated heterocycles. The lowest BCUT2D eigenvalue weighted by Gasteiger charge is -2.08. The first kappa shape index (κ1) is 14.7. The summed E-state index contributed by atoms with van der Waals surface area (Å²) < 4.78 is 10.7. The van der Waals surface area contributed by atoms with E-state index in [0.717, 1.165) is 42.6 Å². The van der Waals surface area contributed by atoms with Crippen LogP contribution in [0.5, 0.6) is 0 Å². The fourth-order valence-electron chi connectivity index (χ4n) is 2.92. The molecule has 3 aromatic rings. The second kappa shape index (κ2) is 6.31. The number of aryl methyl sites for hydroxylation is 1. The summed E-state index contributed by atoms with van der Waals surface area (Å²) in [6.45, 7) is 0.288. The van der Waals surface area contributed by atoms with Crippen LogP contribution in [0.4, 0.5) is 0 Å². The van der Waals surface area contributed by atoms with Crippen molar-refractivity contribution in [2.75, 3.05) is 0 Å². The van der Waals surface area contributed by atoms with Crippen molar-refractivity contribution >= 4 is 5.91 Å². The summed E-state index contributed by atoms with van der Waals surface area (Å²) in [5.74, 6) is 1.16. The molecule has 1 aromatic carbocycles. The van der Waals surface area contributed by atoms with Gasteiger partial charge in [0.15, 0.2) is 5.69 Å². The molecule has 0 bridgehead atoms. The molecule has 0 spiro atoms. The van der Waals surface area contributed by atoms with Crippen LogP contribution in [0, 0.1) is 0 Å². The number of hydrogen-bond acceptors (Lipinski definition) is 5. The van der Waals surface area contributed by atoms with Crippen LogP contribution in [-0.2, 0) is 19.4 Å². The molecule has 1 amide bonds. The topological polar surface area (TPSA) is 81.2 Å². The number of fused-ring (bicyclic) bond motifs is 1. The van der Waals surface area contributed by atoms with Gasteiger partial charge in [-0.15, -0.1) is 0 Å². The van der Waals surface area contributed by atoms with E-state index in [4.69, 9.17) is 8.94 Å². The van der Waals surface area contributed by atoms with E-state index in [-0.39, 0.29) is 12.5 Å². The van der Waals surface area contributed by atoms with Crippen LogP contribution in [0.15, 0.2) is 45.5 Å². The average Bonchev–Trinajstić information content (AvgIpc) is 3.27. The minimum absolute atomic E-state index is 0.230. The normalized spacial score (nSPS) is 13.5. The fraction of sp³-hybridized carbons (Fsp3) is 0.278. The Labute approximate surface area is 138 Å². The molecular formula is C18H17N3O3. The van der Waals surface area contributed by atoms with Crippen LogP contribution >= 0.6 is 0 Å². The summed E-state index contributed by atoms with van der Waals surface area (Å²) in [4.78, 5) is 16.7. The minimum Gasteiger partial charge on any atom is -0.444 e. The van der Waals surface area contributed by atoms with Gasteiger partial charge in [0, 0.05) is 17.5 Å². The summed E-state index contributed by atoms with van der Waals surface area (Å²) in [5.41, 5.74) is 2.92. The van der Waals surface area contributed by atoms with Gasteiger partial charge in [-0.05, 0) is 31.4 Å². The smallest absolute Gasteiger partial charge is 0.274 e. The lowest BCUT2D eigenvalue weighted by atomic mass is 9.96. The van der Waals surface area contributed by atoms with Crippen molar-refractivity contribution in [2.45, 2.75) is 32.2 Å². The predicted octanol–water partition coefficient (Wildman–Crippen LogP) is 3.14. The van der Waals surface area contributed by atoms with Gasteiger partial charge in [0.2, 0.25) is 5.89 Å². The number of oxazole rings is 1. The van der Waals surface area contributed by atoms with Crippen molar-refractivity contribution in [3.63, 3.8) is 0 Å². The second-order valence-electron chi connectivity index (χ2n) is 5.83.